The Labute approximate surface area is 207 Å². The van der Waals surface area contributed by atoms with E-state index in [9.17, 15) is 0 Å². The SMILES string of the molecule is Ic1c2cccc1COCCCCOCc1cccc(c1I)COCCCCOC2. The summed E-state index contributed by atoms with van der Waals surface area (Å²) in [6, 6.07) is 12.7. The summed E-state index contributed by atoms with van der Waals surface area (Å²) in [5.74, 6) is 0. The maximum absolute atomic E-state index is 5.90. The predicted molar refractivity (Wildman–Crippen MR) is 135 cm³/mol. The van der Waals surface area contributed by atoms with Crippen molar-refractivity contribution in [2.75, 3.05) is 26.4 Å². The first-order valence-electron chi connectivity index (χ1n) is 10.6. The molecule has 6 heteroatoms. The van der Waals surface area contributed by atoms with Gasteiger partial charge in [0.25, 0.3) is 0 Å². The van der Waals surface area contributed by atoms with Gasteiger partial charge in [-0.3, -0.25) is 0 Å². The van der Waals surface area contributed by atoms with E-state index in [0.717, 1.165) is 52.1 Å². The molecule has 0 saturated heterocycles. The first-order chi connectivity index (χ1) is 14.8. The summed E-state index contributed by atoms with van der Waals surface area (Å²) in [6.45, 7) is 5.61. The van der Waals surface area contributed by atoms with Crippen molar-refractivity contribution in [2.45, 2.75) is 52.1 Å². The quantitative estimate of drug-likeness (QED) is 0.322. The van der Waals surface area contributed by atoms with E-state index in [0.29, 0.717) is 26.4 Å². The third-order valence-electron chi connectivity index (χ3n) is 5.00. The molecule has 0 unspecified atom stereocenters. The Bertz CT molecular complexity index is 660. The summed E-state index contributed by atoms with van der Waals surface area (Å²) >= 11 is 4.82. The fourth-order valence-electron chi connectivity index (χ4n) is 3.26. The zero-order valence-electron chi connectivity index (χ0n) is 17.3. The van der Waals surface area contributed by atoms with Gasteiger partial charge in [-0.25, -0.2) is 0 Å². The van der Waals surface area contributed by atoms with E-state index in [1.54, 1.807) is 0 Å². The molecule has 1 heterocycles. The van der Waals surface area contributed by atoms with Crippen LogP contribution in [0.2, 0.25) is 0 Å². The van der Waals surface area contributed by atoms with Crippen molar-refractivity contribution >= 4 is 45.2 Å². The van der Waals surface area contributed by atoms with Gasteiger partial charge < -0.3 is 18.9 Å². The topological polar surface area (TPSA) is 36.9 Å². The molecule has 0 aromatic heterocycles. The summed E-state index contributed by atoms with van der Waals surface area (Å²) in [5, 5.41) is 0. The Hall–Kier alpha value is -0.260. The van der Waals surface area contributed by atoms with E-state index < -0.39 is 0 Å². The second kappa shape index (κ2) is 14.0. The minimum Gasteiger partial charge on any atom is -0.377 e. The molecule has 2 aromatic rings. The zero-order chi connectivity index (χ0) is 21.0. The summed E-state index contributed by atoms with van der Waals surface area (Å²) in [7, 11) is 0. The smallest absolute Gasteiger partial charge is 0.0727 e. The van der Waals surface area contributed by atoms with Crippen molar-refractivity contribution in [2.24, 2.45) is 0 Å². The molecule has 0 atom stereocenters. The molecule has 0 spiro atoms. The van der Waals surface area contributed by atoms with Crippen LogP contribution in [0.15, 0.2) is 36.4 Å². The molecule has 2 aromatic carbocycles. The van der Waals surface area contributed by atoms with E-state index in [-0.39, 0.29) is 0 Å². The average Bonchev–Trinajstić information content (AvgIpc) is 2.75. The van der Waals surface area contributed by atoms with Crippen LogP contribution in [0.5, 0.6) is 0 Å². The molecule has 30 heavy (non-hydrogen) atoms. The largest absolute Gasteiger partial charge is 0.377 e. The molecule has 0 radical (unpaired) electrons. The molecule has 4 bridgehead atoms. The first-order valence-corrected chi connectivity index (χ1v) is 12.7. The highest BCUT2D eigenvalue weighted by Crippen LogP contribution is 2.21. The van der Waals surface area contributed by atoms with Crippen LogP contribution in [0.4, 0.5) is 0 Å². The van der Waals surface area contributed by atoms with Gasteiger partial charge in [0.15, 0.2) is 0 Å². The van der Waals surface area contributed by atoms with Crippen LogP contribution in [0.3, 0.4) is 0 Å². The highest BCUT2D eigenvalue weighted by Gasteiger charge is 2.08. The van der Waals surface area contributed by atoms with Gasteiger partial charge in [-0.1, -0.05) is 36.4 Å². The van der Waals surface area contributed by atoms with Gasteiger partial charge in [-0.2, -0.15) is 0 Å². The normalized spacial score (nSPS) is 18.2. The van der Waals surface area contributed by atoms with Crippen LogP contribution < -0.4 is 0 Å². The lowest BCUT2D eigenvalue weighted by Gasteiger charge is -2.13. The van der Waals surface area contributed by atoms with Gasteiger partial charge in [0.2, 0.25) is 0 Å². The summed E-state index contributed by atoms with van der Waals surface area (Å²) in [6.07, 6.45) is 4.02. The number of benzene rings is 2. The molecule has 0 aliphatic carbocycles. The molecule has 0 amide bonds. The van der Waals surface area contributed by atoms with E-state index in [1.807, 2.05) is 0 Å². The van der Waals surface area contributed by atoms with Crippen LogP contribution in [-0.4, -0.2) is 26.4 Å². The van der Waals surface area contributed by atoms with Crippen LogP contribution in [-0.2, 0) is 45.4 Å². The number of ether oxygens (including phenoxy) is 4. The van der Waals surface area contributed by atoms with Crippen molar-refractivity contribution in [3.8, 4) is 0 Å². The van der Waals surface area contributed by atoms with Crippen LogP contribution in [0, 0.1) is 7.14 Å². The highest BCUT2D eigenvalue weighted by atomic mass is 127. The van der Waals surface area contributed by atoms with E-state index in [1.165, 1.54) is 29.4 Å². The van der Waals surface area contributed by atoms with Crippen LogP contribution in [0.1, 0.15) is 47.9 Å². The predicted octanol–water partition coefficient (Wildman–Crippen LogP) is 6.24. The lowest BCUT2D eigenvalue weighted by atomic mass is 10.1. The van der Waals surface area contributed by atoms with Gasteiger partial charge in [0.1, 0.15) is 0 Å². The van der Waals surface area contributed by atoms with Gasteiger partial charge in [0.05, 0.1) is 26.4 Å². The van der Waals surface area contributed by atoms with Crippen molar-refractivity contribution in [3.05, 3.63) is 65.8 Å². The molecule has 0 N–H and O–H groups in total. The fourth-order valence-corrected chi connectivity index (χ4v) is 4.60. The third kappa shape index (κ3) is 8.02. The monoisotopic (exact) mass is 636 g/mol. The maximum atomic E-state index is 5.90. The molecule has 164 valence electrons. The summed E-state index contributed by atoms with van der Waals surface area (Å²) in [5.41, 5.74) is 4.94. The van der Waals surface area contributed by atoms with Crippen LogP contribution >= 0.6 is 45.2 Å². The molecule has 1 aliphatic rings. The zero-order valence-corrected chi connectivity index (χ0v) is 21.7. The van der Waals surface area contributed by atoms with Gasteiger partial charge >= 0.3 is 0 Å². The summed E-state index contributed by atoms with van der Waals surface area (Å²) < 4.78 is 26.1. The van der Waals surface area contributed by atoms with E-state index in [2.05, 4.69) is 81.6 Å². The molecule has 3 rings (SSSR count). The van der Waals surface area contributed by atoms with Crippen LogP contribution in [0.25, 0.3) is 0 Å². The lowest BCUT2D eigenvalue weighted by Crippen LogP contribution is -2.05. The highest BCUT2D eigenvalue weighted by molar-refractivity contribution is 14.1. The standard InChI is InChI=1S/C24H30I2O4/c25-23-19-7-5-9-21(23)17-29-13-3-4-14-30-18-22-10-6-8-20(24(22)26)16-28-12-2-1-11-27-15-19/h5-10H,1-4,11-18H2. The number of hydrogen-bond donors (Lipinski definition) is 0. The van der Waals surface area contributed by atoms with Gasteiger partial charge in [0, 0.05) is 33.6 Å². The van der Waals surface area contributed by atoms with Crippen molar-refractivity contribution in [3.63, 3.8) is 0 Å². The van der Waals surface area contributed by atoms with E-state index >= 15 is 0 Å². The maximum Gasteiger partial charge on any atom is 0.0727 e. The fraction of sp³-hybridized carbons (Fsp3) is 0.500. The molecule has 1 aliphatic heterocycles. The minimum absolute atomic E-state index is 0.648. The Kier molecular flexibility index (Phi) is 11.4. The average molecular weight is 636 g/mol. The number of halogens is 2. The Morgan fingerprint density at radius 2 is 0.733 bits per heavy atom. The molecule has 4 nitrogen and oxygen atoms in total. The lowest BCUT2D eigenvalue weighted by molar-refractivity contribution is 0.0855. The second-order valence-electron chi connectivity index (χ2n) is 7.41. The van der Waals surface area contributed by atoms with Crippen molar-refractivity contribution in [1.29, 1.82) is 0 Å². The van der Waals surface area contributed by atoms with Crippen molar-refractivity contribution in [1.82, 2.24) is 0 Å². The van der Waals surface area contributed by atoms with Gasteiger partial charge in [-0.15, -0.1) is 0 Å². The molecule has 0 saturated carbocycles. The number of hydrogen-bond acceptors (Lipinski definition) is 4. The summed E-state index contributed by atoms with van der Waals surface area (Å²) in [4.78, 5) is 0. The Morgan fingerprint density at radius 3 is 1.00 bits per heavy atom. The van der Waals surface area contributed by atoms with Gasteiger partial charge in [-0.05, 0) is 93.1 Å². The van der Waals surface area contributed by atoms with E-state index in [4.69, 9.17) is 18.9 Å². The Morgan fingerprint density at radius 1 is 0.467 bits per heavy atom. The third-order valence-corrected chi connectivity index (χ3v) is 7.77. The number of rotatable bonds is 0. The second-order valence-corrected chi connectivity index (χ2v) is 9.56. The number of fused-ring (bicyclic) bond motifs is 4. The molecular weight excluding hydrogens is 606 g/mol. The molecular formula is C24H30I2O4. The molecule has 0 fully saturated rings. The first kappa shape index (κ1) is 24.4. The Balaban J connectivity index is 1.55. The van der Waals surface area contributed by atoms with Crippen molar-refractivity contribution < 1.29 is 18.9 Å². The minimum atomic E-state index is 0.648.